The SMILES string of the molecule is CCn1c(=O)c(=O)n(CC(=O)NC2CCCCC2)c2cc(S(=O)(=O)N(C)C)ccc21. The molecular weight excluding hydrogens is 408 g/mol. The Morgan fingerprint density at radius 2 is 1.70 bits per heavy atom. The first-order valence-electron chi connectivity index (χ1n) is 10.2. The lowest BCUT2D eigenvalue weighted by atomic mass is 9.95. The van der Waals surface area contributed by atoms with Gasteiger partial charge < -0.3 is 9.88 Å². The maximum Gasteiger partial charge on any atom is 0.317 e. The van der Waals surface area contributed by atoms with Crippen molar-refractivity contribution in [3.63, 3.8) is 0 Å². The van der Waals surface area contributed by atoms with E-state index in [4.69, 9.17) is 0 Å². The van der Waals surface area contributed by atoms with Gasteiger partial charge in [0.15, 0.2) is 0 Å². The fourth-order valence-electron chi connectivity index (χ4n) is 3.90. The van der Waals surface area contributed by atoms with Gasteiger partial charge in [-0.25, -0.2) is 12.7 Å². The highest BCUT2D eigenvalue weighted by atomic mass is 32.2. The summed E-state index contributed by atoms with van der Waals surface area (Å²) in [6.45, 7) is 1.64. The van der Waals surface area contributed by atoms with E-state index in [1.165, 1.54) is 36.9 Å². The van der Waals surface area contributed by atoms with E-state index in [1.54, 1.807) is 6.92 Å². The second-order valence-electron chi connectivity index (χ2n) is 7.78. The average molecular weight is 437 g/mol. The molecule has 1 aliphatic carbocycles. The summed E-state index contributed by atoms with van der Waals surface area (Å²) in [6.07, 6.45) is 5.03. The highest BCUT2D eigenvalue weighted by Gasteiger charge is 2.22. The third kappa shape index (κ3) is 4.20. The molecule has 0 saturated heterocycles. The van der Waals surface area contributed by atoms with Crippen LogP contribution in [0.1, 0.15) is 39.0 Å². The predicted octanol–water partition coefficient (Wildman–Crippen LogP) is 0.882. The summed E-state index contributed by atoms with van der Waals surface area (Å²) >= 11 is 0. The van der Waals surface area contributed by atoms with E-state index in [0.717, 1.165) is 41.0 Å². The number of nitrogens with zero attached hydrogens (tertiary/aromatic N) is 3. The quantitative estimate of drug-likeness (QED) is 0.676. The van der Waals surface area contributed by atoms with E-state index in [9.17, 15) is 22.8 Å². The van der Waals surface area contributed by atoms with Crippen molar-refractivity contribution in [2.24, 2.45) is 0 Å². The van der Waals surface area contributed by atoms with E-state index in [0.29, 0.717) is 5.52 Å². The molecule has 0 bridgehead atoms. The molecule has 1 aromatic heterocycles. The van der Waals surface area contributed by atoms with Gasteiger partial charge in [-0.3, -0.25) is 19.0 Å². The Balaban J connectivity index is 2.11. The number of rotatable bonds is 6. The van der Waals surface area contributed by atoms with Crippen molar-refractivity contribution in [3.05, 3.63) is 38.9 Å². The van der Waals surface area contributed by atoms with Crippen molar-refractivity contribution >= 4 is 27.0 Å². The highest BCUT2D eigenvalue weighted by molar-refractivity contribution is 7.89. The Hall–Kier alpha value is -2.46. The lowest BCUT2D eigenvalue weighted by Crippen LogP contribution is -2.45. The van der Waals surface area contributed by atoms with Crippen LogP contribution in [-0.4, -0.2) is 47.9 Å². The summed E-state index contributed by atoms with van der Waals surface area (Å²) in [6, 6.07) is 4.33. The molecule has 1 amide bonds. The number of sulfonamides is 1. The molecule has 10 heteroatoms. The average Bonchev–Trinajstić information content (AvgIpc) is 2.72. The lowest BCUT2D eigenvalue weighted by Gasteiger charge is -2.23. The Morgan fingerprint density at radius 3 is 2.30 bits per heavy atom. The molecule has 1 saturated carbocycles. The molecular formula is C20H28N4O5S. The van der Waals surface area contributed by atoms with Gasteiger partial charge in [-0.15, -0.1) is 0 Å². The van der Waals surface area contributed by atoms with Gasteiger partial charge in [0.1, 0.15) is 6.54 Å². The molecule has 30 heavy (non-hydrogen) atoms. The van der Waals surface area contributed by atoms with Gasteiger partial charge in [-0.05, 0) is 38.0 Å². The number of aryl methyl sites for hydroxylation is 1. The van der Waals surface area contributed by atoms with Crippen LogP contribution < -0.4 is 16.4 Å². The summed E-state index contributed by atoms with van der Waals surface area (Å²) < 4.78 is 28.6. The maximum atomic E-state index is 12.8. The number of amides is 1. The number of nitrogens with one attached hydrogen (secondary N) is 1. The van der Waals surface area contributed by atoms with E-state index in [1.807, 2.05) is 0 Å². The van der Waals surface area contributed by atoms with Crippen LogP contribution in [0.25, 0.3) is 11.0 Å². The molecule has 1 N–H and O–H groups in total. The van der Waals surface area contributed by atoms with Crippen LogP contribution in [0, 0.1) is 0 Å². The van der Waals surface area contributed by atoms with Crippen LogP contribution in [0.4, 0.5) is 0 Å². The first-order valence-corrected chi connectivity index (χ1v) is 11.6. The number of carbonyl (C=O) groups excluding carboxylic acids is 1. The molecule has 3 rings (SSSR count). The van der Waals surface area contributed by atoms with Crippen LogP contribution in [-0.2, 0) is 27.9 Å². The van der Waals surface area contributed by atoms with E-state index in [2.05, 4.69) is 5.32 Å². The van der Waals surface area contributed by atoms with Gasteiger partial charge in [-0.1, -0.05) is 19.3 Å². The summed E-state index contributed by atoms with van der Waals surface area (Å²) in [5.41, 5.74) is -0.935. The van der Waals surface area contributed by atoms with Gasteiger partial charge in [0, 0.05) is 26.7 Å². The van der Waals surface area contributed by atoms with Crippen molar-refractivity contribution in [1.82, 2.24) is 18.8 Å². The number of hydrogen-bond donors (Lipinski definition) is 1. The van der Waals surface area contributed by atoms with Gasteiger partial charge in [0.05, 0.1) is 15.9 Å². The lowest BCUT2D eigenvalue weighted by molar-refractivity contribution is -0.122. The van der Waals surface area contributed by atoms with E-state index >= 15 is 0 Å². The molecule has 9 nitrogen and oxygen atoms in total. The number of hydrogen-bond acceptors (Lipinski definition) is 5. The van der Waals surface area contributed by atoms with Crippen LogP contribution in [0.5, 0.6) is 0 Å². The number of fused-ring (bicyclic) bond motifs is 1. The van der Waals surface area contributed by atoms with Crippen molar-refractivity contribution in [2.45, 2.75) is 63.1 Å². The summed E-state index contributed by atoms with van der Waals surface area (Å²) in [5.74, 6) is -0.361. The molecule has 1 aliphatic rings. The second kappa shape index (κ2) is 8.73. The molecule has 1 fully saturated rings. The van der Waals surface area contributed by atoms with Crippen molar-refractivity contribution in [3.8, 4) is 0 Å². The standard InChI is InChI=1S/C20H28N4O5S/c1-4-23-16-11-10-15(30(28,29)22(2)3)12-17(16)24(20(27)19(23)26)13-18(25)21-14-8-6-5-7-9-14/h10-12,14H,4-9,13H2,1-3H3,(H,21,25). The Labute approximate surface area is 175 Å². The molecule has 0 atom stereocenters. The third-order valence-electron chi connectivity index (χ3n) is 5.57. The number of carbonyl (C=O) groups is 1. The van der Waals surface area contributed by atoms with Crippen LogP contribution >= 0.6 is 0 Å². The number of benzene rings is 1. The largest absolute Gasteiger partial charge is 0.352 e. The van der Waals surface area contributed by atoms with Crippen molar-refractivity contribution < 1.29 is 13.2 Å². The fourth-order valence-corrected chi connectivity index (χ4v) is 4.83. The van der Waals surface area contributed by atoms with Crippen LogP contribution in [0.15, 0.2) is 32.7 Å². The number of aromatic nitrogens is 2. The zero-order valence-corrected chi connectivity index (χ0v) is 18.4. The maximum absolute atomic E-state index is 12.8. The van der Waals surface area contributed by atoms with Gasteiger partial charge in [0.2, 0.25) is 15.9 Å². The summed E-state index contributed by atoms with van der Waals surface area (Å²) in [5, 5.41) is 2.94. The molecule has 164 valence electrons. The molecule has 0 unspecified atom stereocenters. The Bertz CT molecular complexity index is 1170. The highest BCUT2D eigenvalue weighted by Crippen LogP contribution is 2.20. The predicted molar refractivity (Wildman–Crippen MR) is 114 cm³/mol. The van der Waals surface area contributed by atoms with Crippen LogP contribution in [0.3, 0.4) is 0 Å². The molecule has 2 aromatic rings. The van der Waals surface area contributed by atoms with Gasteiger partial charge in [0.25, 0.3) is 0 Å². The first-order chi connectivity index (χ1) is 14.2. The monoisotopic (exact) mass is 436 g/mol. The third-order valence-corrected chi connectivity index (χ3v) is 7.38. The van der Waals surface area contributed by atoms with Gasteiger partial charge >= 0.3 is 11.1 Å². The molecule has 1 aromatic carbocycles. The Kier molecular flexibility index (Phi) is 6.47. The normalized spacial score (nSPS) is 15.6. The van der Waals surface area contributed by atoms with Crippen molar-refractivity contribution in [1.29, 1.82) is 0 Å². The van der Waals surface area contributed by atoms with E-state index < -0.39 is 21.1 Å². The minimum Gasteiger partial charge on any atom is -0.352 e. The smallest absolute Gasteiger partial charge is 0.317 e. The van der Waals surface area contributed by atoms with Crippen molar-refractivity contribution in [2.75, 3.05) is 14.1 Å². The molecule has 0 spiro atoms. The summed E-state index contributed by atoms with van der Waals surface area (Å²) in [7, 11) is -0.921. The first kappa shape index (κ1) is 22.2. The topological polar surface area (TPSA) is 110 Å². The summed E-state index contributed by atoms with van der Waals surface area (Å²) in [4.78, 5) is 38.0. The van der Waals surface area contributed by atoms with Crippen LogP contribution in [0.2, 0.25) is 0 Å². The Morgan fingerprint density at radius 1 is 1.07 bits per heavy atom. The van der Waals surface area contributed by atoms with E-state index in [-0.39, 0.29) is 35.5 Å². The van der Waals surface area contributed by atoms with Gasteiger partial charge in [-0.2, -0.15) is 0 Å². The molecule has 0 radical (unpaired) electrons. The minimum absolute atomic E-state index is 0.0119. The zero-order valence-electron chi connectivity index (χ0n) is 17.6. The molecule has 0 aliphatic heterocycles. The fraction of sp³-hybridized carbons (Fsp3) is 0.550. The zero-order chi connectivity index (χ0) is 22.1. The second-order valence-corrected chi connectivity index (χ2v) is 9.93. The minimum atomic E-state index is -3.75. The molecule has 1 heterocycles.